The predicted octanol–water partition coefficient (Wildman–Crippen LogP) is 5.40. The molecular formula is C17H11F3INO. The van der Waals surface area contributed by atoms with Crippen molar-refractivity contribution < 1.29 is 17.9 Å². The molecule has 0 unspecified atom stereocenters. The smallest absolute Gasteiger partial charge is 0.422 e. The SMILES string of the molecule is N#Cc1ccccc1C(I)=C(OCC(F)(F)F)c1ccccc1. The fourth-order valence-electron chi connectivity index (χ4n) is 1.91. The van der Waals surface area contributed by atoms with Crippen molar-refractivity contribution in [1.29, 1.82) is 5.26 Å². The zero-order valence-corrected chi connectivity index (χ0v) is 13.9. The van der Waals surface area contributed by atoms with Crippen LogP contribution >= 0.6 is 22.6 Å². The van der Waals surface area contributed by atoms with E-state index in [2.05, 4.69) is 0 Å². The molecule has 2 aromatic rings. The minimum Gasteiger partial charge on any atom is -0.482 e. The second kappa shape index (κ2) is 7.51. The summed E-state index contributed by atoms with van der Waals surface area (Å²) >= 11 is 1.91. The zero-order valence-electron chi connectivity index (χ0n) is 11.8. The van der Waals surface area contributed by atoms with Crippen molar-refractivity contribution in [1.82, 2.24) is 0 Å². The van der Waals surface area contributed by atoms with Gasteiger partial charge >= 0.3 is 6.18 Å². The van der Waals surface area contributed by atoms with Gasteiger partial charge in [-0.3, -0.25) is 0 Å². The molecule has 0 amide bonds. The van der Waals surface area contributed by atoms with Gasteiger partial charge < -0.3 is 4.74 Å². The molecular weight excluding hydrogens is 418 g/mol. The maximum atomic E-state index is 12.5. The molecule has 0 aliphatic heterocycles. The monoisotopic (exact) mass is 429 g/mol. The Balaban J connectivity index is 2.53. The highest BCUT2D eigenvalue weighted by molar-refractivity contribution is 14.1. The molecule has 0 aliphatic rings. The van der Waals surface area contributed by atoms with Gasteiger partial charge in [-0.2, -0.15) is 18.4 Å². The lowest BCUT2D eigenvalue weighted by molar-refractivity contribution is -0.158. The van der Waals surface area contributed by atoms with E-state index >= 15 is 0 Å². The summed E-state index contributed by atoms with van der Waals surface area (Å²) in [7, 11) is 0. The van der Waals surface area contributed by atoms with Gasteiger partial charge in [0.2, 0.25) is 0 Å². The first-order chi connectivity index (χ1) is 10.9. The normalized spacial score (nSPS) is 12.3. The summed E-state index contributed by atoms with van der Waals surface area (Å²) in [5.41, 5.74) is 1.44. The van der Waals surface area contributed by atoms with Gasteiger partial charge in [0.25, 0.3) is 0 Å². The van der Waals surface area contributed by atoms with Gasteiger partial charge in [-0.15, -0.1) is 0 Å². The fraction of sp³-hybridized carbons (Fsp3) is 0.118. The third-order valence-electron chi connectivity index (χ3n) is 2.90. The highest BCUT2D eigenvalue weighted by atomic mass is 127. The van der Waals surface area contributed by atoms with E-state index < -0.39 is 12.8 Å². The topological polar surface area (TPSA) is 33.0 Å². The molecule has 2 rings (SSSR count). The van der Waals surface area contributed by atoms with Crippen LogP contribution in [-0.4, -0.2) is 12.8 Å². The van der Waals surface area contributed by atoms with Crippen molar-refractivity contribution in [2.45, 2.75) is 6.18 Å². The van der Waals surface area contributed by atoms with Crippen LogP contribution in [0.4, 0.5) is 13.2 Å². The highest BCUT2D eigenvalue weighted by Gasteiger charge is 2.29. The Hall–Kier alpha value is -2.01. The van der Waals surface area contributed by atoms with E-state index in [0.717, 1.165) is 0 Å². The average molecular weight is 429 g/mol. The maximum Gasteiger partial charge on any atom is 0.422 e. The van der Waals surface area contributed by atoms with E-state index in [0.29, 0.717) is 20.3 Å². The Labute approximate surface area is 145 Å². The maximum absolute atomic E-state index is 12.5. The number of rotatable bonds is 4. The van der Waals surface area contributed by atoms with E-state index in [1.165, 1.54) is 0 Å². The Kier molecular flexibility index (Phi) is 5.66. The highest BCUT2D eigenvalue weighted by Crippen LogP contribution is 2.35. The van der Waals surface area contributed by atoms with Crippen molar-refractivity contribution in [3.05, 3.63) is 71.3 Å². The first kappa shape index (κ1) is 17.3. The summed E-state index contributed by atoms with van der Waals surface area (Å²) in [6, 6.07) is 17.3. The molecule has 0 saturated heterocycles. The van der Waals surface area contributed by atoms with Crippen LogP contribution in [-0.2, 0) is 4.74 Å². The van der Waals surface area contributed by atoms with Crippen LogP contribution in [0.15, 0.2) is 54.6 Å². The van der Waals surface area contributed by atoms with E-state index in [1.807, 2.05) is 28.7 Å². The zero-order chi connectivity index (χ0) is 16.9. The standard InChI is InChI=1S/C17H11F3INO/c18-17(19,20)11-23-16(12-6-2-1-3-7-12)15(21)14-9-5-4-8-13(14)10-22/h1-9H,11H2. The quantitative estimate of drug-likeness (QED) is 0.371. The largest absolute Gasteiger partial charge is 0.482 e. The fourth-order valence-corrected chi connectivity index (χ4v) is 2.85. The molecule has 0 radical (unpaired) electrons. The molecule has 0 aromatic heterocycles. The Morgan fingerprint density at radius 2 is 1.65 bits per heavy atom. The number of hydrogen-bond donors (Lipinski definition) is 0. The Morgan fingerprint density at radius 3 is 2.26 bits per heavy atom. The first-order valence-corrected chi connectivity index (χ1v) is 7.64. The molecule has 0 atom stereocenters. The molecule has 0 N–H and O–H groups in total. The van der Waals surface area contributed by atoms with Crippen molar-refractivity contribution in [2.24, 2.45) is 0 Å². The van der Waals surface area contributed by atoms with E-state index in [-0.39, 0.29) is 5.76 Å². The molecule has 0 saturated carbocycles. The van der Waals surface area contributed by atoms with E-state index in [9.17, 15) is 18.4 Å². The third kappa shape index (κ3) is 4.73. The number of alkyl halides is 3. The van der Waals surface area contributed by atoms with Crippen molar-refractivity contribution in [2.75, 3.05) is 6.61 Å². The number of hydrogen-bond acceptors (Lipinski definition) is 2. The van der Waals surface area contributed by atoms with Crippen LogP contribution < -0.4 is 0 Å². The van der Waals surface area contributed by atoms with E-state index in [4.69, 9.17) is 4.74 Å². The van der Waals surface area contributed by atoms with Gasteiger partial charge in [0, 0.05) is 11.1 Å². The predicted molar refractivity (Wildman–Crippen MR) is 90.4 cm³/mol. The summed E-state index contributed by atoms with van der Waals surface area (Å²) in [4.78, 5) is 0. The summed E-state index contributed by atoms with van der Waals surface area (Å²) in [6.45, 7) is -1.39. The molecule has 6 heteroatoms. The van der Waals surface area contributed by atoms with Crippen LogP contribution in [0.25, 0.3) is 9.34 Å². The van der Waals surface area contributed by atoms with E-state index in [1.54, 1.807) is 54.6 Å². The molecule has 0 bridgehead atoms. The summed E-state index contributed by atoms with van der Waals surface area (Å²) in [6.07, 6.45) is -4.44. The van der Waals surface area contributed by atoms with Crippen LogP contribution in [0.2, 0.25) is 0 Å². The van der Waals surface area contributed by atoms with Gasteiger partial charge in [-0.05, 0) is 28.7 Å². The lowest BCUT2D eigenvalue weighted by atomic mass is 10.1. The number of nitrogens with zero attached hydrogens (tertiary/aromatic N) is 1. The summed E-state index contributed by atoms with van der Waals surface area (Å²) in [5, 5.41) is 9.18. The molecule has 0 heterocycles. The van der Waals surface area contributed by atoms with Crippen molar-refractivity contribution in [3.8, 4) is 6.07 Å². The van der Waals surface area contributed by atoms with Crippen LogP contribution in [0.1, 0.15) is 16.7 Å². The number of ether oxygens (including phenoxy) is 1. The van der Waals surface area contributed by atoms with Crippen molar-refractivity contribution >= 4 is 31.9 Å². The lowest BCUT2D eigenvalue weighted by Crippen LogP contribution is -2.16. The second-order valence-electron chi connectivity index (χ2n) is 4.57. The van der Waals surface area contributed by atoms with Crippen LogP contribution in [0.5, 0.6) is 0 Å². The molecule has 2 nitrogen and oxygen atoms in total. The summed E-state index contributed by atoms with van der Waals surface area (Å²) in [5.74, 6) is 0.103. The van der Waals surface area contributed by atoms with Gasteiger partial charge in [0.1, 0.15) is 5.76 Å². The third-order valence-corrected chi connectivity index (χ3v) is 3.97. The minimum atomic E-state index is -4.44. The van der Waals surface area contributed by atoms with Crippen LogP contribution in [0, 0.1) is 11.3 Å². The minimum absolute atomic E-state index is 0.103. The lowest BCUT2D eigenvalue weighted by Gasteiger charge is -2.16. The second-order valence-corrected chi connectivity index (χ2v) is 5.65. The van der Waals surface area contributed by atoms with Gasteiger partial charge in [-0.25, -0.2) is 0 Å². The summed E-state index contributed by atoms with van der Waals surface area (Å²) < 4.78 is 43.1. The van der Waals surface area contributed by atoms with Gasteiger partial charge in [0.05, 0.1) is 15.2 Å². The number of benzene rings is 2. The Bertz CT molecular complexity index is 748. The number of nitriles is 1. The number of halogens is 4. The van der Waals surface area contributed by atoms with Gasteiger partial charge in [0.15, 0.2) is 6.61 Å². The van der Waals surface area contributed by atoms with Gasteiger partial charge in [-0.1, -0.05) is 48.5 Å². The molecule has 2 aromatic carbocycles. The molecule has 0 fully saturated rings. The molecule has 0 spiro atoms. The first-order valence-electron chi connectivity index (χ1n) is 6.56. The Morgan fingerprint density at radius 1 is 1.04 bits per heavy atom. The molecule has 23 heavy (non-hydrogen) atoms. The van der Waals surface area contributed by atoms with Crippen molar-refractivity contribution in [3.63, 3.8) is 0 Å². The molecule has 0 aliphatic carbocycles. The molecule has 118 valence electrons. The van der Waals surface area contributed by atoms with Crippen LogP contribution in [0.3, 0.4) is 0 Å². The average Bonchev–Trinajstić information content (AvgIpc) is 2.54.